The van der Waals surface area contributed by atoms with Crippen LogP contribution in [-0.2, 0) is 11.2 Å². The second-order valence-corrected chi connectivity index (χ2v) is 9.77. The number of hydrogen-bond donors (Lipinski definition) is 2. The molecule has 4 aromatic rings. The van der Waals surface area contributed by atoms with Gasteiger partial charge in [0.1, 0.15) is 11.6 Å². The van der Waals surface area contributed by atoms with Crippen molar-refractivity contribution in [2.45, 2.75) is 13.3 Å². The van der Waals surface area contributed by atoms with E-state index in [-0.39, 0.29) is 17.1 Å². The first-order valence-corrected chi connectivity index (χ1v) is 12.4. The molecule has 0 bridgehead atoms. The molecule has 4 rings (SSSR count). The highest BCUT2D eigenvalue weighted by atomic mass is 35.5. The maximum Gasteiger partial charge on any atom is 0.315 e. The third-order valence-corrected chi connectivity index (χ3v) is 7.36. The van der Waals surface area contributed by atoms with Gasteiger partial charge in [0, 0.05) is 10.6 Å². The lowest BCUT2D eigenvalue weighted by molar-refractivity contribution is -0.133. The lowest BCUT2D eigenvalue weighted by atomic mass is 10.1. The monoisotopic (exact) mass is 500 g/mol. The van der Waals surface area contributed by atoms with E-state index in [2.05, 4.69) is 10.5 Å². The van der Waals surface area contributed by atoms with E-state index < -0.39 is 11.8 Å². The summed E-state index contributed by atoms with van der Waals surface area (Å²) in [5.74, 6) is -0.519. The van der Waals surface area contributed by atoms with Crippen molar-refractivity contribution < 1.29 is 19.1 Å². The van der Waals surface area contributed by atoms with Crippen LogP contribution in [0.15, 0.2) is 71.9 Å². The van der Waals surface area contributed by atoms with Crippen molar-refractivity contribution in [1.29, 1.82) is 0 Å². The molecule has 1 heterocycles. The van der Waals surface area contributed by atoms with Crippen LogP contribution in [0.25, 0.3) is 10.4 Å². The Balaban J connectivity index is 1.49. The summed E-state index contributed by atoms with van der Waals surface area (Å²) in [5, 5.41) is 15.3. The van der Waals surface area contributed by atoms with Crippen molar-refractivity contribution >= 4 is 49.6 Å². The molecule has 0 aliphatic heterocycles. The van der Waals surface area contributed by atoms with E-state index in [9.17, 15) is 9.18 Å². The SMILES string of the molecule is Cc1ccc(Nc2c(F)cccc2Cl)c(CC(=O)Oc2ccc(-c3cc(=NO)ss3)cc2)c1. The predicted molar refractivity (Wildman–Crippen MR) is 130 cm³/mol. The number of nitrogens with one attached hydrogen (secondary N) is 1. The predicted octanol–water partition coefficient (Wildman–Crippen LogP) is 6.76. The highest BCUT2D eigenvalue weighted by molar-refractivity contribution is 7.69. The van der Waals surface area contributed by atoms with Crippen LogP contribution in [0.1, 0.15) is 11.1 Å². The number of carbonyl (C=O) groups excluding carboxylic acids is 1. The lowest BCUT2D eigenvalue weighted by Crippen LogP contribution is -2.12. The molecule has 1 aromatic heterocycles. The molecule has 3 aromatic carbocycles. The zero-order chi connectivity index (χ0) is 23.4. The maximum atomic E-state index is 14.2. The molecule has 33 heavy (non-hydrogen) atoms. The highest BCUT2D eigenvalue weighted by Gasteiger charge is 2.14. The minimum Gasteiger partial charge on any atom is -0.426 e. The third kappa shape index (κ3) is 5.60. The van der Waals surface area contributed by atoms with Crippen LogP contribution in [0.5, 0.6) is 5.75 Å². The molecule has 0 atom stereocenters. The Labute approximate surface area is 201 Å². The molecule has 0 saturated heterocycles. The number of carbonyl (C=O) groups is 1. The number of para-hydroxylation sites is 1. The average Bonchev–Trinajstić information content (AvgIpc) is 3.27. The molecular weight excluding hydrogens is 483 g/mol. The quantitative estimate of drug-likeness (QED) is 0.101. The van der Waals surface area contributed by atoms with Gasteiger partial charge in [-0.2, -0.15) is 0 Å². The fourth-order valence-electron chi connectivity index (χ4n) is 3.18. The fourth-order valence-corrected chi connectivity index (χ4v) is 5.43. The summed E-state index contributed by atoms with van der Waals surface area (Å²) in [5.41, 5.74) is 3.27. The van der Waals surface area contributed by atoms with Gasteiger partial charge < -0.3 is 15.3 Å². The summed E-state index contributed by atoms with van der Waals surface area (Å²) in [7, 11) is 2.86. The van der Waals surface area contributed by atoms with Gasteiger partial charge in [0.05, 0.1) is 17.1 Å². The van der Waals surface area contributed by atoms with E-state index in [1.807, 2.05) is 31.2 Å². The first-order chi connectivity index (χ1) is 15.9. The van der Waals surface area contributed by atoms with Crippen LogP contribution < -0.4 is 14.7 Å². The molecule has 0 radical (unpaired) electrons. The van der Waals surface area contributed by atoms with Gasteiger partial charge in [-0.1, -0.05) is 61.2 Å². The topological polar surface area (TPSA) is 70.9 Å². The summed E-state index contributed by atoms with van der Waals surface area (Å²) < 4.78 is 20.3. The van der Waals surface area contributed by atoms with Gasteiger partial charge >= 0.3 is 5.97 Å². The second-order valence-electron chi connectivity index (χ2n) is 7.17. The molecule has 9 heteroatoms. The number of esters is 1. The van der Waals surface area contributed by atoms with Crippen LogP contribution in [0, 0.1) is 12.7 Å². The van der Waals surface area contributed by atoms with Gasteiger partial charge in [-0.05, 0) is 66.6 Å². The summed E-state index contributed by atoms with van der Waals surface area (Å²) in [6.07, 6.45) is -0.00813. The number of benzene rings is 3. The summed E-state index contributed by atoms with van der Waals surface area (Å²) in [6, 6.07) is 18.8. The van der Waals surface area contributed by atoms with E-state index in [0.717, 1.165) is 16.0 Å². The van der Waals surface area contributed by atoms with Crippen LogP contribution in [0.3, 0.4) is 0 Å². The van der Waals surface area contributed by atoms with Crippen molar-refractivity contribution in [3.05, 3.63) is 93.4 Å². The zero-order valence-corrected chi connectivity index (χ0v) is 19.7. The Morgan fingerprint density at radius 1 is 1.12 bits per heavy atom. The molecule has 2 N–H and O–H groups in total. The third-order valence-electron chi connectivity index (χ3n) is 4.76. The van der Waals surface area contributed by atoms with Gasteiger partial charge in [0.25, 0.3) is 0 Å². The standard InChI is InChI=1S/C24H18ClFN2O3S2/c1-14-5-10-20(27-24-18(25)3-2-4-19(24)26)16(11-14)12-23(29)31-17-8-6-15(7-9-17)21-13-22(28-30)33-32-21/h2-11,13,27,30H,12H2,1H3. The zero-order valence-electron chi connectivity index (χ0n) is 17.3. The number of rotatable bonds is 6. The van der Waals surface area contributed by atoms with E-state index in [1.165, 1.54) is 32.8 Å². The molecule has 5 nitrogen and oxygen atoms in total. The first kappa shape index (κ1) is 23.0. The van der Waals surface area contributed by atoms with Crippen molar-refractivity contribution in [1.82, 2.24) is 0 Å². The van der Waals surface area contributed by atoms with Gasteiger partial charge in [0.2, 0.25) is 0 Å². The second kappa shape index (κ2) is 10.2. The van der Waals surface area contributed by atoms with Crippen LogP contribution in [-0.4, -0.2) is 11.2 Å². The Kier molecular flexibility index (Phi) is 7.08. The van der Waals surface area contributed by atoms with Gasteiger partial charge in [-0.3, -0.25) is 4.79 Å². The molecule has 168 valence electrons. The van der Waals surface area contributed by atoms with E-state index in [4.69, 9.17) is 21.5 Å². The van der Waals surface area contributed by atoms with E-state index >= 15 is 0 Å². The van der Waals surface area contributed by atoms with Gasteiger partial charge in [0.15, 0.2) is 4.67 Å². The average molecular weight is 501 g/mol. The van der Waals surface area contributed by atoms with Crippen molar-refractivity contribution in [2.75, 3.05) is 5.32 Å². The van der Waals surface area contributed by atoms with Crippen molar-refractivity contribution in [2.24, 2.45) is 5.16 Å². The normalized spacial score (nSPS) is 11.4. The van der Waals surface area contributed by atoms with Crippen LogP contribution in [0.2, 0.25) is 5.02 Å². The number of aryl methyl sites for hydroxylation is 1. The number of nitrogens with zero attached hydrogens (tertiary/aromatic N) is 1. The van der Waals surface area contributed by atoms with Crippen LogP contribution in [0.4, 0.5) is 15.8 Å². The molecule has 0 saturated carbocycles. The van der Waals surface area contributed by atoms with Crippen LogP contribution >= 0.6 is 32.3 Å². The Hall–Kier alpha value is -3.20. The van der Waals surface area contributed by atoms with E-state index in [1.54, 1.807) is 30.3 Å². The summed E-state index contributed by atoms with van der Waals surface area (Å²) in [4.78, 5) is 13.6. The fraction of sp³-hybridized carbons (Fsp3) is 0.0833. The Morgan fingerprint density at radius 2 is 1.91 bits per heavy atom. The first-order valence-electron chi connectivity index (χ1n) is 9.83. The largest absolute Gasteiger partial charge is 0.426 e. The van der Waals surface area contributed by atoms with Crippen molar-refractivity contribution in [3.8, 4) is 16.2 Å². The molecule has 0 amide bonds. The molecule has 0 aliphatic rings. The lowest BCUT2D eigenvalue weighted by Gasteiger charge is -2.14. The Bertz CT molecular complexity index is 1350. The minimum absolute atomic E-state index is 0.00813. The molecule has 0 aliphatic carbocycles. The number of anilines is 2. The molecule has 0 spiro atoms. The molecule has 0 fully saturated rings. The van der Waals surface area contributed by atoms with Gasteiger partial charge in [-0.25, -0.2) is 4.39 Å². The number of halogens is 2. The Morgan fingerprint density at radius 3 is 2.61 bits per heavy atom. The minimum atomic E-state index is -0.483. The summed E-state index contributed by atoms with van der Waals surface area (Å²) >= 11 is 6.13. The van der Waals surface area contributed by atoms with E-state index in [0.29, 0.717) is 21.7 Å². The van der Waals surface area contributed by atoms with Crippen molar-refractivity contribution in [3.63, 3.8) is 0 Å². The number of ether oxygens (including phenoxy) is 1. The molecular formula is C24H18ClFN2O3S2. The molecule has 0 unspecified atom stereocenters. The van der Waals surface area contributed by atoms with Gasteiger partial charge in [-0.15, -0.1) is 0 Å². The highest BCUT2D eigenvalue weighted by Crippen LogP contribution is 2.31. The summed E-state index contributed by atoms with van der Waals surface area (Å²) in [6.45, 7) is 1.91. The number of hydrogen-bond acceptors (Lipinski definition) is 7. The maximum absolute atomic E-state index is 14.2. The smallest absolute Gasteiger partial charge is 0.315 e.